The molecule has 2 rings (SSSR count). The Labute approximate surface area is 122 Å². The molecular weight excluding hydrogens is 306 g/mol. The minimum absolute atomic E-state index is 0.0181. The van der Waals surface area contributed by atoms with Gasteiger partial charge in [-0.15, -0.1) is 0 Å². The molecular formula is C15H20BrNO2. The number of rotatable bonds is 4. The number of nitrogens with one attached hydrogen (secondary N) is 1. The van der Waals surface area contributed by atoms with Crippen molar-refractivity contribution in [3.8, 4) is 5.75 Å². The van der Waals surface area contributed by atoms with E-state index in [1.807, 2.05) is 0 Å². The predicted molar refractivity (Wildman–Crippen MR) is 79.3 cm³/mol. The quantitative estimate of drug-likeness (QED) is 0.883. The number of carbonyl (C=O) groups excluding carboxylic acids is 1. The van der Waals surface area contributed by atoms with Gasteiger partial charge in [-0.25, -0.2) is 0 Å². The minimum atomic E-state index is -0.194. The third-order valence-electron chi connectivity index (χ3n) is 3.77. The number of hydrogen-bond acceptors (Lipinski definition) is 2. The molecule has 0 aromatic heterocycles. The molecule has 1 aromatic rings. The van der Waals surface area contributed by atoms with Crippen LogP contribution >= 0.6 is 15.9 Å². The van der Waals surface area contributed by atoms with Gasteiger partial charge in [-0.1, -0.05) is 48.0 Å². The second kappa shape index (κ2) is 6.94. The van der Waals surface area contributed by atoms with E-state index in [-0.39, 0.29) is 11.7 Å². The van der Waals surface area contributed by atoms with E-state index >= 15 is 0 Å². The van der Waals surface area contributed by atoms with E-state index in [9.17, 15) is 9.90 Å². The first-order valence-electron chi connectivity index (χ1n) is 6.93. The number of phenols is 1. The summed E-state index contributed by atoms with van der Waals surface area (Å²) in [5.41, 5.74) is 0.340. The highest BCUT2D eigenvalue weighted by Crippen LogP contribution is 2.26. The number of aromatic hydroxyl groups is 1. The summed E-state index contributed by atoms with van der Waals surface area (Å²) in [6, 6.07) is 4.93. The Kier molecular flexibility index (Phi) is 5.25. The largest absolute Gasteiger partial charge is 0.507 e. The fourth-order valence-electron chi connectivity index (χ4n) is 2.66. The Morgan fingerprint density at radius 2 is 2.05 bits per heavy atom. The number of benzene rings is 1. The van der Waals surface area contributed by atoms with Crippen molar-refractivity contribution >= 4 is 21.8 Å². The summed E-state index contributed by atoms with van der Waals surface area (Å²) in [6.07, 6.45) is 7.63. The molecule has 4 heteroatoms. The van der Waals surface area contributed by atoms with Crippen LogP contribution in [0.5, 0.6) is 5.75 Å². The van der Waals surface area contributed by atoms with E-state index in [4.69, 9.17) is 0 Å². The maximum Gasteiger partial charge on any atom is 0.255 e. The van der Waals surface area contributed by atoms with Crippen LogP contribution in [0.3, 0.4) is 0 Å². The van der Waals surface area contributed by atoms with E-state index < -0.39 is 0 Å². The van der Waals surface area contributed by atoms with Crippen molar-refractivity contribution in [2.24, 2.45) is 5.92 Å². The van der Waals surface area contributed by atoms with Gasteiger partial charge in [-0.05, 0) is 30.5 Å². The Morgan fingerprint density at radius 3 is 2.74 bits per heavy atom. The Bertz CT molecular complexity index is 442. The normalized spacial score (nSPS) is 16.3. The lowest BCUT2D eigenvalue weighted by atomic mass is 9.87. The second-order valence-electron chi connectivity index (χ2n) is 5.21. The molecule has 1 aliphatic carbocycles. The highest BCUT2D eigenvalue weighted by atomic mass is 79.9. The summed E-state index contributed by atoms with van der Waals surface area (Å²) < 4.78 is 0.767. The number of carbonyl (C=O) groups is 1. The van der Waals surface area contributed by atoms with E-state index in [1.165, 1.54) is 38.2 Å². The van der Waals surface area contributed by atoms with Crippen LogP contribution in [0.4, 0.5) is 0 Å². The van der Waals surface area contributed by atoms with E-state index in [2.05, 4.69) is 21.2 Å². The lowest BCUT2D eigenvalue weighted by Gasteiger charge is -2.21. The van der Waals surface area contributed by atoms with Crippen LogP contribution in [0.15, 0.2) is 22.7 Å². The van der Waals surface area contributed by atoms with Gasteiger partial charge in [0.2, 0.25) is 0 Å². The van der Waals surface area contributed by atoms with Crippen molar-refractivity contribution in [2.45, 2.75) is 38.5 Å². The summed E-state index contributed by atoms with van der Waals surface area (Å²) >= 11 is 3.26. The van der Waals surface area contributed by atoms with E-state index in [0.717, 1.165) is 16.8 Å². The Balaban J connectivity index is 1.80. The van der Waals surface area contributed by atoms with Crippen LogP contribution in [0.2, 0.25) is 0 Å². The summed E-state index contributed by atoms with van der Waals surface area (Å²) in [6.45, 7) is 0.693. The number of halogens is 1. The average molecular weight is 326 g/mol. The van der Waals surface area contributed by atoms with E-state index in [1.54, 1.807) is 12.1 Å². The fraction of sp³-hybridized carbons (Fsp3) is 0.533. The minimum Gasteiger partial charge on any atom is -0.507 e. The van der Waals surface area contributed by atoms with Gasteiger partial charge >= 0.3 is 0 Å². The summed E-state index contributed by atoms with van der Waals surface area (Å²) in [5, 5.41) is 12.6. The van der Waals surface area contributed by atoms with Crippen molar-refractivity contribution in [2.75, 3.05) is 6.54 Å². The van der Waals surface area contributed by atoms with Gasteiger partial charge in [0.1, 0.15) is 5.75 Å². The smallest absolute Gasteiger partial charge is 0.255 e. The first kappa shape index (κ1) is 14.4. The SMILES string of the molecule is O=C(NCCC1CCCCC1)c1ccc(Br)cc1O. The lowest BCUT2D eigenvalue weighted by Crippen LogP contribution is -2.26. The molecule has 1 aliphatic rings. The molecule has 0 aliphatic heterocycles. The summed E-state index contributed by atoms with van der Waals surface area (Å²) in [7, 11) is 0. The Morgan fingerprint density at radius 1 is 1.32 bits per heavy atom. The monoisotopic (exact) mass is 325 g/mol. The van der Waals surface area contributed by atoms with Gasteiger partial charge in [0.15, 0.2) is 0 Å². The van der Waals surface area contributed by atoms with Gasteiger partial charge in [0.05, 0.1) is 5.56 Å². The predicted octanol–water partition coefficient (Wildman–Crippen LogP) is 3.85. The maximum absolute atomic E-state index is 11.9. The van der Waals surface area contributed by atoms with Crippen molar-refractivity contribution in [1.82, 2.24) is 5.32 Å². The first-order chi connectivity index (χ1) is 9.16. The van der Waals surface area contributed by atoms with Crippen molar-refractivity contribution < 1.29 is 9.90 Å². The zero-order valence-corrected chi connectivity index (χ0v) is 12.6. The molecule has 1 saturated carbocycles. The molecule has 0 unspecified atom stereocenters. The maximum atomic E-state index is 11.9. The standard InChI is InChI=1S/C15H20BrNO2/c16-12-6-7-13(14(18)10-12)15(19)17-9-8-11-4-2-1-3-5-11/h6-7,10-11,18H,1-5,8-9H2,(H,17,19). The van der Waals surface area contributed by atoms with Gasteiger partial charge in [-0.3, -0.25) is 4.79 Å². The number of phenolic OH excluding ortho intramolecular Hbond substituents is 1. The summed E-state index contributed by atoms with van der Waals surface area (Å²) in [5.74, 6) is 0.581. The highest BCUT2D eigenvalue weighted by molar-refractivity contribution is 9.10. The molecule has 104 valence electrons. The van der Waals surface area contributed by atoms with E-state index in [0.29, 0.717) is 12.1 Å². The molecule has 0 heterocycles. The molecule has 3 nitrogen and oxygen atoms in total. The molecule has 19 heavy (non-hydrogen) atoms. The summed E-state index contributed by atoms with van der Waals surface area (Å²) in [4.78, 5) is 11.9. The van der Waals surface area contributed by atoms with Crippen LogP contribution in [0.25, 0.3) is 0 Å². The van der Waals surface area contributed by atoms with Gasteiger partial charge in [0, 0.05) is 11.0 Å². The molecule has 0 spiro atoms. The fourth-order valence-corrected chi connectivity index (χ4v) is 3.01. The third kappa shape index (κ3) is 4.23. The van der Waals surface area contributed by atoms with Crippen molar-refractivity contribution in [3.05, 3.63) is 28.2 Å². The molecule has 1 aromatic carbocycles. The Hall–Kier alpha value is -1.03. The molecule has 0 atom stereocenters. The molecule has 0 saturated heterocycles. The molecule has 1 fully saturated rings. The first-order valence-corrected chi connectivity index (χ1v) is 7.73. The topological polar surface area (TPSA) is 49.3 Å². The third-order valence-corrected chi connectivity index (χ3v) is 4.26. The van der Waals surface area contributed by atoms with Gasteiger partial charge < -0.3 is 10.4 Å². The van der Waals surface area contributed by atoms with Crippen molar-refractivity contribution in [1.29, 1.82) is 0 Å². The molecule has 1 amide bonds. The van der Waals surface area contributed by atoms with Gasteiger partial charge in [-0.2, -0.15) is 0 Å². The van der Waals surface area contributed by atoms with Crippen LogP contribution in [0, 0.1) is 5.92 Å². The molecule has 2 N–H and O–H groups in total. The number of hydrogen-bond donors (Lipinski definition) is 2. The van der Waals surface area contributed by atoms with Crippen LogP contribution in [0.1, 0.15) is 48.9 Å². The van der Waals surface area contributed by atoms with Crippen LogP contribution in [-0.2, 0) is 0 Å². The van der Waals surface area contributed by atoms with Crippen molar-refractivity contribution in [3.63, 3.8) is 0 Å². The average Bonchev–Trinajstić information content (AvgIpc) is 2.39. The lowest BCUT2D eigenvalue weighted by molar-refractivity contribution is 0.0947. The highest BCUT2D eigenvalue weighted by Gasteiger charge is 2.15. The zero-order chi connectivity index (χ0) is 13.7. The van der Waals surface area contributed by atoms with Crippen LogP contribution in [-0.4, -0.2) is 17.6 Å². The van der Waals surface area contributed by atoms with Crippen LogP contribution < -0.4 is 5.32 Å². The van der Waals surface area contributed by atoms with Gasteiger partial charge in [0.25, 0.3) is 5.91 Å². The zero-order valence-electron chi connectivity index (χ0n) is 11.0. The molecule has 0 bridgehead atoms. The number of amides is 1. The second-order valence-corrected chi connectivity index (χ2v) is 6.13. The molecule has 0 radical (unpaired) electrons.